The van der Waals surface area contributed by atoms with Crippen molar-refractivity contribution in [1.82, 2.24) is 9.97 Å². The van der Waals surface area contributed by atoms with Gasteiger partial charge in [-0.2, -0.15) is 0 Å². The number of fused-ring (bicyclic) bond motifs is 2. The van der Waals surface area contributed by atoms with E-state index >= 15 is 0 Å². The van der Waals surface area contributed by atoms with Crippen molar-refractivity contribution in [2.45, 2.75) is 18.9 Å². The summed E-state index contributed by atoms with van der Waals surface area (Å²) in [5.74, 6) is 2.73. The predicted molar refractivity (Wildman–Crippen MR) is 115 cm³/mol. The molecule has 2 aromatic carbocycles. The van der Waals surface area contributed by atoms with Crippen molar-refractivity contribution in [3.63, 3.8) is 0 Å². The molecule has 2 heterocycles. The fourth-order valence-corrected chi connectivity index (χ4v) is 3.39. The average Bonchev–Trinajstić information content (AvgIpc) is 3.03. The highest BCUT2D eigenvalue weighted by molar-refractivity contribution is 5.89. The van der Waals surface area contributed by atoms with Gasteiger partial charge in [0, 0.05) is 25.3 Å². The standard InChI is InChI=1S/C20H22N4O.2ClH/c1-24(13-15-12-14-6-2-5-9-18(14)25-15)20-16-7-3-4-8-17(16)22-19(23-20)10-11-21;;/h2-9,15H,10-13,21H2,1H3;2*1H. The number of hydrogen-bond acceptors (Lipinski definition) is 5. The average molecular weight is 407 g/mol. The van der Waals surface area contributed by atoms with E-state index in [9.17, 15) is 0 Å². The summed E-state index contributed by atoms with van der Waals surface area (Å²) >= 11 is 0. The third-order valence-electron chi connectivity index (χ3n) is 4.55. The Bertz CT molecular complexity index is 881. The Hall–Kier alpha value is -2.08. The quantitative estimate of drug-likeness (QED) is 0.702. The molecule has 0 saturated heterocycles. The van der Waals surface area contributed by atoms with E-state index in [-0.39, 0.29) is 30.9 Å². The van der Waals surface area contributed by atoms with E-state index in [2.05, 4.69) is 35.1 Å². The van der Waals surface area contributed by atoms with Gasteiger partial charge in [-0.05, 0) is 30.3 Å². The van der Waals surface area contributed by atoms with E-state index in [4.69, 9.17) is 15.5 Å². The number of ether oxygens (including phenoxy) is 1. The number of nitrogens with zero attached hydrogens (tertiary/aromatic N) is 3. The molecule has 0 bridgehead atoms. The van der Waals surface area contributed by atoms with Gasteiger partial charge in [-0.3, -0.25) is 0 Å². The van der Waals surface area contributed by atoms with E-state index in [1.54, 1.807) is 0 Å². The predicted octanol–water partition coefficient (Wildman–Crippen LogP) is 3.41. The molecule has 27 heavy (non-hydrogen) atoms. The molecule has 0 amide bonds. The molecule has 4 rings (SSSR count). The monoisotopic (exact) mass is 406 g/mol. The van der Waals surface area contributed by atoms with Crippen molar-refractivity contribution in [1.29, 1.82) is 0 Å². The summed E-state index contributed by atoms with van der Waals surface area (Å²) in [6.07, 6.45) is 1.74. The van der Waals surface area contributed by atoms with Crippen molar-refractivity contribution < 1.29 is 4.74 Å². The fourth-order valence-electron chi connectivity index (χ4n) is 3.39. The van der Waals surface area contributed by atoms with E-state index in [1.807, 2.05) is 30.3 Å². The number of nitrogens with two attached hydrogens (primary N) is 1. The number of rotatable bonds is 5. The maximum Gasteiger partial charge on any atom is 0.140 e. The molecular formula is C20H24Cl2N4O. The van der Waals surface area contributed by atoms with Crippen LogP contribution in [-0.4, -0.2) is 36.2 Å². The highest BCUT2D eigenvalue weighted by atomic mass is 35.5. The molecule has 144 valence electrons. The minimum atomic E-state index is 0. The Labute approximate surface area is 171 Å². The van der Waals surface area contributed by atoms with Crippen LogP contribution in [-0.2, 0) is 12.8 Å². The lowest BCUT2D eigenvalue weighted by atomic mass is 10.1. The lowest BCUT2D eigenvalue weighted by Crippen LogP contribution is -2.33. The van der Waals surface area contributed by atoms with Crippen LogP contribution in [0.25, 0.3) is 10.9 Å². The second kappa shape index (κ2) is 9.22. The van der Waals surface area contributed by atoms with Gasteiger partial charge < -0.3 is 15.4 Å². The summed E-state index contributed by atoms with van der Waals surface area (Å²) in [7, 11) is 2.06. The number of likely N-dealkylation sites (N-methyl/N-ethyl adjacent to an activating group) is 1. The third kappa shape index (κ3) is 4.43. The summed E-state index contributed by atoms with van der Waals surface area (Å²) in [6.45, 7) is 1.32. The molecule has 3 aromatic rings. The van der Waals surface area contributed by atoms with E-state index in [1.165, 1.54) is 5.56 Å². The first-order chi connectivity index (χ1) is 12.2. The molecule has 7 heteroatoms. The van der Waals surface area contributed by atoms with Crippen molar-refractivity contribution in [3.8, 4) is 5.75 Å². The number of halogens is 2. The first-order valence-electron chi connectivity index (χ1n) is 8.66. The molecule has 0 fully saturated rings. The zero-order valence-electron chi connectivity index (χ0n) is 15.2. The highest BCUT2D eigenvalue weighted by Crippen LogP contribution is 2.30. The zero-order chi connectivity index (χ0) is 17.2. The Morgan fingerprint density at radius 3 is 2.59 bits per heavy atom. The van der Waals surface area contributed by atoms with Crippen LogP contribution >= 0.6 is 24.8 Å². The van der Waals surface area contributed by atoms with Gasteiger partial charge >= 0.3 is 0 Å². The minimum Gasteiger partial charge on any atom is -0.488 e. The molecule has 0 saturated carbocycles. The molecule has 1 aliphatic heterocycles. The topological polar surface area (TPSA) is 64.3 Å². The van der Waals surface area contributed by atoms with Gasteiger partial charge in [0.1, 0.15) is 23.5 Å². The summed E-state index contributed by atoms with van der Waals surface area (Å²) in [6, 6.07) is 16.4. The Kier molecular flexibility index (Phi) is 7.25. The zero-order valence-corrected chi connectivity index (χ0v) is 16.8. The van der Waals surface area contributed by atoms with Crippen LogP contribution in [0.2, 0.25) is 0 Å². The maximum atomic E-state index is 6.08. The van der Waals surface area contributed by atoms with Crippen LogP contribution < -0.4 is 15.4 Å². The second-order valence-electron chi connectivity index (χ2n) is 6.45. The normalized spacial score (nSPS) is 14.7. The Balaban J connectivity index is 0.00000131. The number of para-hydroxylation sites is 2. The van der Waals surface area contributed by atoms with Gasteiger partial charge in [0.2, 0.25) is 0 Å². The van der Waals surface area contributed by atoms with Crippen LogP contribution in [0.4, 0.5) is 5.82 Å². The van der Waals surface area contributed by atoms with Crippen molar-refractivity contribution in [2.75, 3.05) is 25.0 Å². The first-order valence-corrected chi connectivity index (χ1v) is 8.66. The first kappa shape index (κ1) is 21.2. The Morgan fingerprint density at radius 1 is 1.07 bits per heavy atom. The molecule has 1 atom stereocenters. The lowest BCUT2D eigenvalue weighted by molar-refractivity contribution is 0.239. The summed E-state index contributed by atoms with van der Waals surface area (Å²) in [5, 5.41) is 1.06. The van der Waals surface area contributed by atoms with Crippen molar-refractivity contribution in [3.05, 3.63) is 59.9 Å². The summed E-state index contributed by atoms with van der Waals surface area (Å²) < 4.78 is 6.08. The molecule has 5 nitrogen and oxygen atoms in total. The maximum absolute atomic E-state index is 6.08. The third-order valence-corrected chi connectivity index (χ3v) is 4.55. The molecule has 0 spiro atoms. The minimum absolute atomic E-state index is 0. The molecule has 1 aromatic heterocycles. The van der Waals surface area contributed by atoms with Crippen LogP contribution in [0.1, 0.15) is 11.4 Å². The number of benzene rings is 2. The van der Waals surface area contributed by atoms with Crippen molar-refractivity contribution in [2.24, 2.45) is 5.73 Å². The lowest BCUT2D eigenvalue weighted by Gasteiger charge is -2.23. The molecule has 2 N–H and O–H groups in total. The van der Waals surface area contributed by atoms with Crippen LogP contribution in [0.5, 0.6) is 5.75 Å². The molecular weight excluding hydrogens is 383 g/mol. The van der Waals surface area contributed by atoms with Crippen LogP contribution in [0, 0.1) is 0 Å². The number of hydrogen-bond donors (Lipinski definition) is 1. The smallest absolute Gasteiger partial charge is 0.140 e. The van der Waals surface area contributed by atoms with Gasteiger partial charge in [0.25, 0.3) is 0 Å². The highest BCUT2D eigenvalue weighted by Gasteiger charge is 2.24. The van der Waals surface area contributed by atoms with Gasteiger partial charge in [-0.15, -0.1) is 24.8 Å². The molecule has 1 unspecified atom stereocenters. The van der Waals surface area contributed by atoms with Crippen LogP contribution in [0.3, 0.4) is 0 Å². The Morgan fingerprint density at radius 2 is 1.81 bits per heavy atom. The summed E-state index contributed by atoms with van der Waals surface area (Å²) in [4.78, 5) is 11.6. The van der Waals surface area contributed by atoms with Gasteiger partial charge in [-0.25, -0.2) is 9.97 Å². The van der Waals surface area contributed by atoms with E-state index in [0.29, 0.717) is 13.0 Å². The van der Waals surface area contributed by atoms with Gasteiger partial charge in [0.05, 0.1) is 12.1 Å². The van der Waals surface area contributed by atoms with E-state index < -0.39 is 0 Å². The molecule has 0 aliphatic carbocycles. The van der Waals surface area contributed by atoms with Gasteiger partial charge in [0.15, 0.2) is 0 Å². The number of anilines is 1. The fraction of sp³-hybridized carbons (Fsp3) is 0.300. The van der Waals surface area contributed by atoms with Crippen molar-refractivity contribution >= 4 is 41.5 Å². The van der Waals surface area contributed by atoms with Gasteiger partial charge in [-0.1, -0.05) is 30.3 Å². The molecule has 1 aliphatic rings. The SMILES string of the molecule is CN(CC1Cc2ccccc2O1)c1nc(CCN)nc2ccccc12.Cl.Cl. The number of aromatic nitrogens is 2. The molecule has 0 radical (unpaired) electrons. The summed E-state index contributed by atoms with van der Waals surface area (Å²) in [5.41, 5.74) is 7.93. The van der Waals surface area contributed by atoms with Crippen LogP contribution in [0.15, 0.2) is 48.5 Å². The largest absolute Gasteiger partial charge is 0.488 e. The van der Waals surface area contributed by atoms with E-state index in [0.717, 1.165) is 41.3 Å². The second-order valence-corrected chi connectivity index (χ2v) is 6.45.